The molecule has 1 heterocycles. The Morgan fingerprint density at radius 3 is 2.59 bits per heavy atom. The van der Waals surface area contributed by atoms with Gasteiger partial charge in [-0.25, -0.2) is 9.37 Å². The standard InChI is InChI=1S/C21H15ClF4N4O2/c22-15-9-13(10-28-30-19-8-6-14(11-27-19)21(24,25)26)5-7-18(15)32-12-20(31)29-17-4-2-1-3-16(17)23/h1-11H,12H2,(H,27,30)(H,29,31). The number of amides is 1. The molecule has 2 aromatic carbocycles. The third-order valence-corrected chi connectivity index (χ3v) is 4.24. The van der Waals surface area contributed by atoms with Gasteiger partial charge in [0, 0.05) is 6.20 Å². The molecular formula is C21H15ClF4N4O2. The van der Waals surface area contributed by atoms with E-state index in [2.05, 4.69) is 20.8 Å². The van der Waals surface area contributed by atoms with Crippen LogP contribution in [0.15, 0.2) is 65.9 Å². The van der Waals surface area contributed by atoms with E-state index in [1.807, 2.05) is 0 Å². The van der Waals surface area contributed by atoms with E-state index in [0.717, 1.165) is 12.1 Å². The number of nitrogens with zero attached hydrogens (tertiary/aromatic N) is 2. The van der Waals surface area contributed by atoms with Gasteiger partial charge in [0.2, 0.25) is 0 Å². The molecule has 1 amide bonds. The molecule has 32 heavy (non-hydrogen) atoms. The van der Waals surface area contributed by atoms with E-state index in [4.69, 9.17) is 16.3 Å². The van der Waals surface area contributed by atoms with Gasteiger partial charge in [-0.05, 0) is 48.0 Å². The highest BCUT2D eigenvalue weighted by molar-refractivity contribution is 6.32. The lowest BCUT2D eigenvalue weighted by molar-refractivity contribution is -0.137. The molecule has 0 bridgehead atoms. The van der Waals surface area contributed by atoms with E-state index in [0.29, 0.717) is 11.8 Å². The number of hydrogen-bond acceptors (Lipinski definition) is 5. The van der Waals surface area contributed by atoms with Crippen LogP contribution in [0.2, 0.25) is 5.02 Å². The highest BCUT2D eigenvalue weighted by Gasteiger charge is 2.30. The van der Waals surface area contributed by atoms with Crippen molar-refractivity contribution < 1.29 is 27.1 Å². The molecule has 0 aliphatic rings. The number of alkyl halides is 3. The van der Waals surface area contributed by atoms with Crippen molar-refractivity contribution in [3.05, 3.63) is 82.8 Å². The van der Waals surface area contributed by atoms with E-state index in [9.17, 15) is 22.4 Å². The molecule has 0 atom stereocenters. The second-order valence-electron chi connectivity index (χ2n) is 6.31. The number of para-hydroxylation sites is 1. The molecule has 0 aliphatic carbocycles. The second kappa shape index (κ2) is 10.1. The number of carbonyl (C=O) groups is 1. The number of carbonyl (C=O) groups excluding carboxylic acids is 1. The normalized spacial score (nSPS) is 11.4. The number of aromatic nitrogens is 1. The SMILES string of the molecule is O=C(COc1ccc(C=NNc2ccc(C(F)(F)F)cn2)cc1Cl)Nc1ccccc1F. The minimum Gasteiger partial charge on any atom is -0.482 e. The van der Waals surface area contributed by atoms with Crippen molar-refractivity contribution in [2.45, 2.75) is 6.18 Å². The van der Waals surface area contributed by atoms with Crippen molar-refractivity contribution in [1.29, 1.82) is 0 Å². The van der Waals surface area contributed by atoms with Crippen LogP contribution in [0.25, 0.3) is 0 Å². The topological polar surface area (TPSA) is 75.6 Å². The molecule has 0 fully saturated rings. The van der Waals surface area contributed by atoms with Gasteiger partial charge in [-0.15, -0.1) is 0 Å². The third kappa shape index (κ3) is 6.42. The number of halogens is 5. The summed E-state index contributed by atoms with van der Waals surface area (Å²) in [6.07, 6.45) is -2.39. The molecule has 0 aliphatic heterocycles. The molecule has 2 N–H and O–H groups in total. The number of nitrogens with one attached hydrogen (secondary N) is 2. The molecule has 0 saturated heterocycles. The van der Waals surface area contributed by atoms with Gasteiger partial charge >= 0.3 is 6.18 Å². The number of rotatable bonds is 7. The summed E-state index contributed by atoms with van der Waals surface area (Å²) in [5.41, 5.74) is 2.23. The second-order valence-corrected chi connectivity index (χ2v) is 6.71. The van der Waals surface area contributed by atoms with Crippen molar-refractivity contribution in [3.8, 4) is 5.75 Å². The zero-order valence-corrected chi connectivity index (χ0v) is 16.9. The van der Waals surface area contributed by atoms with Gasteiger partial charge in [0.15, 0.2) is 6.61 Å². The van der Waals surface area contributed by atoms with Gasteiger partial charge in [-0.1, -0.05) is 23.7 Å². The number of benzene rings is 2. The lowest BCUT2D eigenvalue weighted by atomic mass is 10.2. The molecule has 0 radical (unpaired) electrons. The predicted octanol–water partition coefficient (Wildman–Crippen LogP) is 5.36. The fourth-order valence-electron chi connectivity index (χ4n) is 2.41. The molecule has 11 heteroatoms. The van der Waals surface area contributed by atoms with E-state index in [1.165, 1.54) is 36.5 Å². The van der Waals surface area contributed by atoms with E-state index >= 15 is 0 Å². The van der Waals surface area contributed by atoms with Gasteiger partial charge in [-0.2, -0.15) is 18.3 Å². The number of pyridine rings is 1. The first-order chi connectivity index (χ1) is 15.2. The summed E-state index contributed by atoms with van der Waals surface area (Å²) in [4.78, 5) is 15.6. The van der Waals surface area contributed by atoms with E-state index in [-0.39, 0.29) is 28.9 Å². The first-order valence-corrected chi connectivity index (χ1v) is 9.39. The monoisotopic (exact) mass is 466 g/mol. The van der Waals surface area contributed by atoms with Crippen LogP contribution in [0, 0.1) is 5.82 Å². The zero-order valence-electron chi connectivity index (χ0n) is 16.2. The number of hydrazone groups is 1. The number of anilines is 2. The van der Waals surface area contributed by atoms with Crippen LogP contribution in [0.4, 0.5) is 29.1 Å². The predicted molar refractivity (Wildman–Crippen MR) is 112 cm³/mol. The Morgan fingerprint density at radius 1 is 1.16 bits per heavy atom. The van der Waals surface area contributed by atoms with Gasteiger partial charge < -0.3 is 10.1 Å². The number of hydrogen-bond donors (Lipinski definition) is 2. The fourth-order valence-corrected chi connectivity index (χ4v) is 2.65. The molecule has 0 unspecified atom stereocenters. The Morgan fingerprint density at radius 2 is 1.94 bits per heavy atom. The molecule has 3 aromatic rings. The van der Waals surface area contributed by atoms with Crippen LogP contribution in [-0.4, -0.2) is 23.7 Å². The summed E-state index contributed by atoms with van der Waals surface area (Å²) < 4.78 is 56.5. The summed E-state index contributed by atoms with van der Waals surface area (Å²) in [5.74, 6) is -0.779. The molecule has 0 spiro atoms. The minimum atomic E-state index is -4.46. The Balaban J connectivity index is 1.53. The van der Waals surface area contributed by atoms with Crippen molar-refractivity contribution >= 4 is 35.2 Å². The van der Waals surface area contributed by atoms with Crippen molar-refractivity contribution in [1.82, 2.24) is 4.98 Å². The summed E-state index contributed by atoms with van der Waals surface area (Å²) >= 11 is 6.14. The first-order valence-electron chi connectivity index (χ1n) is 9.01. The zero-order chi connectivity index (χ0) is 23.1. The summed E-state index contributed by atoms with van der Waals surface area (Å²) in [6.45, 7) is -0.386. The molecule has 3 rings (SSSR count). The summed E-state index contributed by atoms with van der Waals surface area (Å²) in [5, 5.41) is 6.47. The van der Waals surface area contributed by atoms with Crippen molar-refractivity contribution in [3.63, 3.8) is 0 Å². The Bertz CT molecular complexity index is 1120. The lowest BCUT2D eigenvalue weighted by Gasteiger charge is -2.09. The highest BCUT2D eigenvalue weighted by Crippen LogP contribution is 2.29. The van der Waals surface area contributed by atoms with Crippen LogP contribution in [0.5, 0.6) is 5.75 Å². The first kappa shape index (κ1) is 23.0. The molecule has 0 saturated carbocycles. The van der Waals surface area contributed by atoms with Gasteiger partial charge in [0.1, 0.15) is 17.4 Å². The largest absolute Gasteiger partial charge is 0.482 e. The minimum absolute atomic E-state index is 0.0359. The maximum absolute atomic E-state index is 13.6. The van der Waals surface area contributed by atoms with Gasteiger partial charge in [0.05, 0.1) is 22.5 Å². The van der Waals surface area contributed by atoms with Crippen LogP contribution in [0.1, 0.15) is 11.1 Å². The van der Waals surface area contributed by atoms with Gasteiger partial charge in [0.25, 0.3) is 5.91 Å². The van der Waals surface area contributed by atoms with Crippen LogP contribution >= 0.6 is 11.6 Å². The molecular weight excluding hydrogens is 452 g/mol. The van der Waals surface area contributed by atoms with Crippen LogP contribution < -0.4 is 15.5 Å². The van der Waals surface area contributed by atoms with Crippen LogP contribution in [0.3, 0.4) is 0 Å². The Hall–Kier alpha value is -3.66. The number of ether oxygens (including phenoxy) is 1. The van der Waals surface area contributed by atoms with E-state index in [1.54, 1.807) is 12.1 Å². The van der Waals surface area contributed by atoms with E-state index < -0.39 is 23.5 Å². The summed E-state index contributed by atoms with van der Waals surface area (Å²) in [7, 11) is 0. The lowest BCUT2D eigenvalue weighted by Crippen LogP contribution is -2.20. The summed E-state index contributed by atoms with van der Waals surface area (Å²) in [6, 6.07) is 12.4. The van der Waals surface area contributed by atoms with Crippen molar-refractivity contribution in [2.24, 2.45) is 5.10 Å². The van der Waals surface area contributed by atoms with Crippen molar-refractivity contribution in [2.75, 3.05) is 17.3 Å². The maximum atomic E-state index is 13.6. The van der Waals surface area contributed by atoms with Crippen LogP contribution in [-0.2, 0) is 11.0 Å². The average molecular weight is 467 g/mol. The Labute approximate surface area is 184 Å². The molecule has 6 nitrogen and oxygen atoms in total. The highest BCUT2D eigenvalue weighted by atomic mass is 35.5. The Kier molecular flexibility index (Phi) is 7.26. The molecule has 166 valence electrons. The molecule has 1 aromatic heterocycles. The maximum Gasteiger partial charge on any atom is 0.417 e. The fraction of sp³-hybridized carbons (Fsp3) is 0.0952. The quantitative estimate of drug-likeness (QED) is 0.279. The van der Waals surface area contributed by atoms with Gasteiger partial charge in [-0.3, -0.25) is 10.2 Å². The third-order valence-electron chi connectivity index (χ3n) is 3.95. The average Bonchev–Trinajstić information content (AvgIpc) is 2.74. The smallest absolute Gasteiger partial charge is 0.417 e.